The molecule has 0 bridgehead atoms. The van der Waals surface area contributed by atoms with Crippen molar-refractivity contribution in [3.63, 3.8) is 0 Å². The van der Waals surface area contributed by atoms with Crippen molar-refractivity contribution in [2.75, 3.05) is 38.2 Å². The lowest BCUT2D eigenvalue weighted by atomic mass is 10.0. The van der Waals surface area contributed by atoms with Crippen molar-refractivity contribution in [3.8, 4) is 0 Å². The van der Waals surface area contributed by atoms with Crippen molar-refractivity contribution in [2.24, 2.45) is 55.9 Å². The molecule has 0 aliphatic carbocycles. The van der Waals surface area contributed by atoms with E-state index in [0.717, 1.165) is 0 Å². The highest BCUT2D eigenvalue weighted by Gasteiger charge is 2.33. The van der Waals surface area contributed by atoms with Gasteiger partial charge >= 0.3 is 5.97 Å². The van der Waals surface area contributed by atoms with Crippen LogP contribution < -0.4 is 72.5 Å². The summed E-state index contributed by atoms with van der Waals surface area (Å²) in [5.41, 5.74) is 44.1. The number of carboxylic acid groups (broad SMARTS) is 1. The Kier molecular flexibility index (Phi) is 27.6. The Hall–Kier alpha value is -4.94. The zero-order valence-corrected chi connectivity index (χ0v) is 33.5. The molecule has 6 unspecified atom stereocenters. The van der Waals surface area contributed by atoms with Crippen LogP contribution in [0.5, 0.6) is 0 Å². The van der Waals surface area contributed by atoms with Gasteiger partial charge in [-0.3, -0.25) is 38.8 Å². The Labute approximate surface area is 337 Å². The van der Waals surface area contributed by atoms with Gasteiger partial charge in [0.15, 0.2) is 11.9 Å². The summed E-state index contributed by atoms with van der Waals surface area (Å²) in [4.78, 5) is 99.1. The van der Waals surface area contributed by atoms with Gasteiger partial charge in [0.2, 0.25) is 35.4 Å². The molecule has 326 valence electrons. The summed E-state index contributed by atoms with van der Waals surface area (Å²) in [6, 6.07) is -7.64. The van der Waals surface area contributed by atoms with E-state index in [4.69, 9.17) is 45.9 Å². The van der Waals surface area contributed by atoms with Crippen molar-refractivity contribution < 1.29 is 38.7 Å². The summed E-state index contributed by atoms with van der Waals surface area (Å²) >= 11 is 1.35. The smallest absolute Gasteiger partial charge is 0.326 e. The zero-order chi connectivity index (χ0) is 43.3. The number of thioether (sulfide) groups is 1. The quantitative estimate of drug-likeness (QED) is 0.0171. The highest BCUT2D eigenvalue weighted by atomic mass is 32.2. The number of guanidine groups is 2. The first-order valence-electron chi connectivity index (χ1n) is 18.8. The third-order valence-electron chi connectivity index (χ3n) is 8.31. The molecule has 0 heterocycles. The van der Waals surface area contributed by atoms with Gasteiger partial charge in [0.1, 0.15) is 30.2 Å². The molecule has 0 aromatic rings. The minimum absolute atomic E-state index is 0.00985. The van der Waals surface area contributed by atoms with Crippen LogP contribution in [0.3, 0.4) is 0 Å². The van der Waals surface area contributed by atoms with Gasteiger partial charge in [0.05, 0.1) is 12.5 Å². The number of nitrogens with zero attached hydrogens (tertiary/aromatic N) is 2. The average molecular weight is 832 g/mol. The summed E-state index contributed by atoms with van der Waals surface area (Å²) in [7, 11) is 0. The fraction of sp³-hybridized carbons (Fsp3) is 0.727. The summed E-state index contributed by atoms with van der Waals surface area (Å²) in [6.45, 7) is 0.949. The zero-order valence-electron chi connectivity index (χ0n) is 32.7. The molecule has 6 amide bonds. The van der Waals surface area contributed by atoms with E-state index in [-0.39, 0.29) is 63.5 Å². The Morgan fingerprint density at radius 3 is 1.35 bits per heavy atom. The molecule has 0 aromatic carbocycles. The van der Waals surface area contributed by atoms with E-state index in [1.807, 2.05) is 0 Å². The van der Waals surface area contributed by atoms with Crippen molar-refractivity contribution in [1.29, 1.82) is 0 Å². The largest absolute Gasteiger partial charge is 0.480 e. The number of carboxylic acids is 1. The maximum atomic E-state index is 13.7. The first-order valence-corrected chi connectivity index (χ1v) is 20.1. The highest BCUT2D eigenvalue weighted by molar-refractivity contribution is 7.98. The summed E-state index contributed by atoms with van der Waals surface area (Å²) in [5, 5.41) is 22.3. The number of nitrogens with two attached hydrogens (primary N) is 8. The molecule has 0 aliphatic heterocycles. The van der Waals surface area contributed by atoms with E-state index in [1.165, 1.54) is 11.8 Å². The molecule has 0 aromatic heterocycles. The Bertz CT molecular complexity index is 1350. The second kappa shape index (κ2) is 30.2. The predicted molar refractivity (Wildman–Crippen MR) is 218 cm³/mol. The third-order valence-corrected chi connectivity index (χ3v) is 8.95. The van der Waals surface area contributed by atoms with Gasteiger partial charge in [-0.25, -0.2) is 4.79 Å². The maximum absolute atomic E-state index is 13.7. The predicted octanol–water partition coefficient (Wildman–Crippen LogP) is -5.18. The van der Waals surface area contributed by atoms with Crippen LogP contribution in [0, 0.1) is 0 Å². The number of nitrogens with one attached hydrogen (secondary N) is 5. The van der Waals surface area contributed by atoms with Gasteiger partial charge in [-0.1, -0.05) is 6.42 Å². The van der Waals surface area contributed by atoms with Crippen molar-refractivity contribution in [1.82, 2.24) is 26.6 Å². The van der Waals surface area contributed by atoms with Crippen LogP contribution in [0.4, 0.5) is 0 Å². The number of unbranched alkanes of at least 4 members (excludes halogenated alkanes) is 2. The van der Waals surface area contributed by atoms with Gasteiger partial charge in [-0.2, -0.15) is 11.8 Å². The second-order valence-electron chi connectivity index (χ2n) is 13.2. The number of aliphatic imine (C=N–C) groups is 2. The molecule has 0 aliphatic rings. The molecule has 0 saturated heterocycles. The number of amides is 6. The number of carbonyl (C=O) groups excluding carboxylic acids is 6. The first kappa shape index (κ1) is 52.1. The third kappa shape index (κ3) is 24.3. The number of aliphatic carboxylic acids is 1. The van der Waals surface area contributed by atoms with E-state index >= 15 is 0 Å². The van der Waals surface area contributed by atoms with Crippen LogP contribution >= 0.6 is 11.8 Å². The number of hydrogen-bond donors (Lipinski definition) is 14. The lowest BCUT2D eigenvalue weighted by molar-refractivity contribution is -0.142. The summed E-state index contributed by atoms with van der Waals surface area (Å²) < 4.78 is 0. The van der Waals surface area contributed by atoms with Crippen LogP contribution in [0.1, 0.15) is 77.0 Å². The van der Waals surface area contributed by atoms with Crippen molar-refractivity contribution >= 4 is 65.1 Å². The Morgan fingerprint density at radius 2 is 0.930 bits per heavy atom. The van der Waals surface area contributed by atoms with Gasteiger partial charge in [-0.05, 0) is 89.3 Å². The highest BCUT2D eigenvalue weighted by Crippen LogP contribution is 2.09. The van der Waals surface area contributed by atoms with E-state index in [9.17, 15) is 38.7 Å². The topological polar surface area (TPSA) is 433 Å². The number of carbonyl (C=O) groups is 7. The Morgan fingerprint density at radius 1 is 0.544 bits per heavy atom. The van der Waals surface area contributed by atoms with E-state index < -0.39 is 84.1 Å². The lowest BCUT2D eigenvalue weighted by Crippen LogP contribution is -2.59. The molecule has 57 heavy (non-hydrogen) atoms. The average Bonchev–Trinajstić information content (AvgIpc) is 3.14. The summed E-state index contributed by atoms with van der Waals surface area (Å²) in [6.07, 6.45) is 4.10. The van der Waals surface area contributed by atoms with E-state index in [0.29, 0.717) is 50.9 Å². The molecule has 0 rings (SSSR count). The number of rotatable bonds is 32. The van der Waals surface area contributed by atoms with Gasteiger partial charge in [0, 0.05) is 13.1 Å². The van der Waals surface area contributed by atoms with E-state index in [2.05, 4.69) is 36.6 Å². The monoisotopic (exact) mass is 831 g/mol. The molecular weight excluding hydrogens is 767 g/mol. The maximum Gasteiger partial charge on any atom is 0.326 e. The van der Waals surface area contributed by atoms with Crippen LogP contribution in [-0.4, -0.2) is 133 Å². The molecule has 0 saturated carbocycles. The normalized spacial score (nSPS) is 14.0. The molecule has 6 atom stereocenters. The molecule has 0 radical (unpaired) electrons. The van der Waals surface area contributed by atoms with Crippen LogP contribution in [-0.2, 0) is 33.6 Å². The SMILES string of the molecule is CSCCC(NC(=O)C(CC(N)=O)NC(=O)C(CCCN=C(N)N)NC(=O)C(N)CCCCN)C(=O)NC(CCCN=C(N)N)C(=O)NC(CCCCN)C(=O)O. The van der Waals surface area contributed by atoms with E-state index in [1.54, 1.807) is 6.26 Å². The second-order valence-corrected chi connectivity index (χ2v) is 14.2. The number of primary amides is 1. The van der Waals surface area contributed by atoms with Gasteiger partial charge in [0.25, 0.3) is 0 Å². The standard InChI is InChI=1S/C33H65N15O8S/c1-57-17-12-22(29(53)45-21(11-7-16-43-33(40)41)27(51)47-23(31(55)56)9-3-5-14-35)46-30(54)24(18-25(37)49)48-28(52)20(10-6-15-42-32(38)39)44-26(50)19(36)8-2-4-13-34/h19-24H,2-18,34-36H2,1H3,(H2,37,49)(H,44,50)(H,45,53)(H,46,54)(H,47,51)(H,48,52)(H,55,56)(H4,38,39,42)(H4,40,41,43). The lowest BCUT2D eigenvalue weighted by Gasteiger charge is -2.27. The van der Waals surface area contributed by atoms with Crippen molar-refractivity contribution in [3.05, 3.63) is 0 Å². The van der Waals surface area contributed by atoms with Crippen LogP contribution in [0.2, 0.25) is 0 Å². The molecule has 23 nitrogen and oxygen atoms in total. The van der Waals surface area contributed by atoms with Gasteiger partial charge in [-0.15, -0.1) is 0 Å². The number of hydrogen-bond acceptors (Lipinski definition) is 13. The van der Waals surface area contributed by atoms with Crippen LogP contribution in [0.25, 0.3) is 0 Å². The molecular formula is C33H65N15O8S. The molecule has 22 N–H and O–H groups in total. The molecule has 0 spiro atoms. The molecule has 24 heteroatoms. The summed E-state index contributed by atoms with van der Waals surface area (Å²) in [5.74, 6) is -6.33. The minimum Gasteiger partial charge on any atom is -0.480 e. The fourth-order valence-corrected chi connectivity index (χ4v) is 5.69. The minimum atomic E-state index is -1.60. The first-order chi connectivity index (χ1) is 27.0. The van der Waals surface area contributed by atoms with Crippen molar-refractivity contribution in [2.45, 2.75) is 113 Å². The fourth-order valence-electron chi connectivity index (χ4n) is 5.22. The van der Waals surface area contributed by atoms with Crippen LogP contribution in [0.15, 0.2) is 9.98 Å². The molecule has 0 fully saturated rings. The van der Waals surface area contributed by atoms with Gasteiger partial charge < -0.3 is 77.6 Å². The Balaban J connectivity index is 6.30.